The molecule has 0 amide bonds. The lowest BCUT2D eigenvalue weighted by atomic mass is 10.0. The molecule has 1 aromatic rings. The first-order valence-corrected chi connectivity index (χ1v) is 13.8. The van der Waals surface area contributed by atoms with Crippen LogP contribution in [0, 0.1) is 0 Å². The normalized spacial score (nSPS) is 30.0. The molecule has 0 saturated carbocycles. The summed E-state index contributed by atoms with van der Waals surface area (Å²) in [5, 5.41) is 20.5. The van der Waals surface area contributed by atoms with E-state index in [2.05, 4.69) is 18.1 Å². The third kappa shape index (κ3) is 6.57. The van der Waals surface area contributed by atoms with Crippen LogP contribution in [0.25, 0.3) is 0 Å². The van der Waals surface area contributed by atoms with Crippen molar-refractivity contribution in [1.29, 1.82) is 0 Å². The molecule has 34 heavy (non-hydrogen) atoms. The number of hydrogen-bond donors (Lipinski definition) is 7. The number of aromatic nitrogens is 2. The summed E-state index contributed by atoms with van der Waals surface area (Å²) < 4.78 is 52.0. The number of phosphoric acid groups is 3. The molecule has 21 heteroatoms. The van der Waals surface area contributed by atoms with Gasteiger partial charge in [-0.2, -0.15) is 8.62 Å². The highest BCUT2D eigenvalue weighted by molar-refractivity contribution is 7.66. The van der Waals surface area contributed by atoms with Crippen LogP contribution in [0.2, 0.25) is 0 Å². The van der Waals surface area contributed by atoms with E-state index in [4.69, 9.17) is 19.4 Å². The number of aliphatic hydroxyl groups excluding tert-OH is 2. The van der Waals surface area contributed by atoms with Gasteiger partial charge in [-0.05, 0) is 7.05 Å². The van der Waals surface area contributed by atoms with E-state index < -0.39 is 65.7 Å². The number of H-pyrrole nitrogens is 1. The van der Waals surface area contributed by atoms with Crippen LogP contribution >= 0.6 is 23.5 Å². The maximum Gasteiger partial charge on any atom is 0.490 e. The Kier molecular flexibility index (Phi) is 7.90. The molecule has 4 unspecified atom stereocenters. The molecule has 194 valence electrons. The van der Waals surface area contributed by atoms with Crippen molar-refractivity contribution in [2.75, 3.05) is 26.7 Å². The molecule has 0 aliphatic carbocycles. The molecule has 0 spiro atoms. The first-order valence-electron chi connectivity index (χ1n) is 9.32. The Bertz CT molecular complexity index is 1170. The number of nitrogens with zero attached hydrogens (tertiary/aromatic N) is 2. The fourth-order valence-corrected chi connectivity index (χ4v) is 6.46. The topological polar surface area (TPSA) is 268 Å². The molecule has 0 aromatic carbocycles. The summed E-state index contributed by atoms with van der Waals surface area (Å²) in [5.41, 5.74) is -1.82. The monoisotopic (exact) mass is 553 g/mol. The van der Waals surface area contributed by atoms with Gasteiger partial charge in [0.1, 0.15) is 24.4 Å². The lowest BCUT2D eigenvalue weighted by molar-refractivity contribution is -0.0229. The Morgan fingerprint density at radius 1 is 1.06 bits per heavy atom. The van der Waals surface area contributed by atoms with Crippen LogP contribution in [-0.2, 0) is 31.6 Å². The van der Waals surface area contributed by atoms with Crippen LogP contribution in [0.1, 0.15) is 17.7 Å². The summed E-state index contributed by atoms with van der Waals surface area (Å²) in [6.07, 6.45) is -5.42. The molecule has 2 aliphatic rings. The zero-order valence-corrected chi connectivity index (χ0v) is 19.9. The summed E-state index contributed by atoms with van der Waals surface area (Å²) in [5.74, 6) is 0. The van der Waals surface area contributed by atoms with Gasteiger partial charge in [-0.1, -0.05) is 0 Å². The first-order chi connectivity index (χ1) is 15.5. The molecular formula is C13H22N3O15P3. The summed E-state index contributed by atoms with van der Waals surface area (Å²) in [6, 6.07) is -0.252. The fourth-order valence-electron chi connectivity index (χ4n) is 3.43. The number of hydrogen-bond acceptors (Lipinski definition) is 12. The summed E-state index contributed by atoms with van der Waals surface area (Å²) in [6.45, 7) is -0.00104. The number of ether oxygens (including phenoxy) is 1. The Morgan fingerprint density at radius 2 is 1.68 bits per heavy atom. The fraction of sp³-hybridized carbons (Fsp3) is 0.692. The van der Waals surface area contributed by atoms with Gasteiger partial charge >= 0.3 is 29.2 Å². The molecule has 0 radical (unpaired) electrons. The van der Waals surface area contributed by atoms with Crippen LogP contribution in [-0.4, -0.2) is 89.3 Å². The standard InChI is InChI=1S/C13H22N3O15P3/c1-15-2-6(3-15)16-4-7(12(19)14-13(16)20)11-10(18)9(17)8(29-11)5-28-33(24,25)31-34(26,27)30-32(21,22)23/h4,6,8-11,17-18H,2-3,5H2,1H3,(H,24,25)(H,26,27)(H,14,19,20)(H2,21,22,23)/t8-,9?,10?,11+/m1/s1. The highest BCUT2D eigenvalue weighted by atomic mass is 31.3. The lowest BCUT2D eigenvalue weighted by Gasteiger charge is -2.37. The van der Waals surface area contributed by atoms with Gasteiger partial charge in [0.05, 0.1) is 18.2 Å². The minimum atomic E-state index is -5.75. The first kappa shape index (κ1) is 27.5. The summed E-state index contributed by atoms with van der Waals surface area (Å²) in [4.78, 5) is 64.1. The number of aliphatic hydroxyl groups is 2. The average Bonchev–Trinajstić information content (AvgIpc) is 2.90. The zero-order chi connectivity index (χ0) is 25.6. The minimum Gasteiger partial charge on any atom is -0.387 e. The third-order valence-corrected chi connectivity index (χ3v) is 8.72. The predicted molar refractivity (Wildman–Crippen MR) is 107 cm³/mol. The smallest absolute Gasteiger partial charge is 0.387 e. The van der Waals surface area contributed by atoms with Gasteiger partial charge in [0.15, 0.2) is 0 Å². The largest absolute Gasteiger partial charge is 0.490 e. The van der Waals surface area contributed by atoms with E-state index in [0.29, 0.717) is 13.1 Å². The molecule has 3 heterocycles. The maximum absolute atomic E-state index is 12.3. The number of phosphoric ester groups is 1. The van der Waals surface area contributed by atoms with E-state index in [0.717, 1.165) is 0 Å². The quantitative estimate of drug-likeness (QED) is 0.156. The number of likely N-dealkylation sites (N-methyl/N-ethyl adjacent to an activating group) is 1. The Balaban J connectivity index is 1.71. The Hall–Kier alpha value is -1.07. The van der Waals surface area contributed by atoms with E-state index >= 15 is 0 Å². The van der Waals surface area contributed by atoms with Crippen molar-refractivity contribution in [3.63, 3.8) is 0 Å². The Morgan fingerprint density at radius 3 is 2.24 bits per heavy atom. The molecule has 2 saturated heterocycles. The van der Waals surface area contributed by atoms with E-state index in [1.807, 2.05) is 11.9 Å². The maximum atomic E-state index is 12.3. The molecule has 2 fully saturated rings. The van der Waals surface area contributed by atoms with E-state index in [1.54, 1.807) is 0 Å². The SMILES string of the molecule is CN1CC(n2cc([C@@H]3O[C@H](COP(=O)(O)OP(=O)(O)OP(=O)(O)O)C(O)C3O)c(=O)[nH]c2=O)C1. The van der Waals surface area contributed by atoms with E-state index in [9.17, 15) is 38.4 Å². The van der Waals surface area contributed by atoms with Crippen LogP contribution in [0.4, 0.5) is 0 Å². The predicted octanol–water partition coefficient (Wildman–Crippen LogP) is -2.47. The van der Waals surface area contributed by atoms with Gasteiger partial charge in [0.2, 0.25) is 0 Å². The van der Waals surface area contributed by atoms with Crippen LogP contribution in [0.3, 0.4) is 0 Å². The van der Waals surface area contributed by atoms with Crippen molar-refractivity contribution in [1.82, 2.24) is 14.5 Å². The zero-order valence-electron chi connectivity index (χ0n) is 17.2. The highest BCUT2D eigenvalue weighted by Gasteiger charge is 2.47. The van der Waals surface area contributed by atoms with Crippen molar-refractivity contribution >= 4 is 23.5 Å². The van der Waals surface area contributed by atoms with Gasteiger partial charge in [-0.15, -0.1) is 0 Å². The number of nitrogens with one attached hydrogen (secondary N) is 1. The van der Waals surface area contributed by atoms with Crippen LogP contribution < -0.4 is 11.2 Å². The second kappa shape index (κ2) is 9.76. The van der Waals surface area contributed by atoms with Crippen molar-refractivity contribution in [3.05, 3.63) is 32.6 Å². The summed E-state index contributed by atoms with van der Waals surface area (Å²) in [7, 11) is -15.0. The van der Waals surface area contributed by atoms with Gasteiger partial charge in [-0.25, -0.2) is 18.5 Å². The summed E-state index contributed by atoms with van der Waals surface area (Å²) >= 11 is 0. The molecular weight excluding hydrogens is 531 g/mol. The van der Waals surface area contributed by atoms with Gasteiger partial charge in [0, 0.05) is 19.3 Å². The molecule has 6 atom stereocenters. The average molecular weight is 553 g/mol. The van der Waals surface area contributed by atoms with Crippen molar-refractivity contribution in [2.45, 2.75) is 30.5 Å². The van der Waals surface area contributed by atoms with Crippen molar-refractivity contribution in [3.8, 4) is 0 Å². The van der Waals surface area contributed by atoms with Crippen molar-refractivity contribution in [2.24, 2.45) is 0 Å². The number of rotatable bonds is 9. The van der Waals surface area contributed by atoms with Crippen LogP contribution in [0.5, 0.6) is 0 Å². The van der Waals surface area contributed by atoms with Gasteiger partial charge in [-0.3, -0.25) is 18.9 Å². The number of likely N-dealkylation sites (tertiary alicyclic amines) is 1. The second-order valence-electron chi connectivity index (χ2n) is 7.59. The second-order valence-corrected chi connectivity index (χ2v) is 12.0. The number of aromatic amines is 1. The molecule has 7 N–H and O–H groups in total. The third-order valence-electron chi connectivity index (χ3n) is 4.92. The molecule has 1 aromatic heterocycles. The molecule has 18 nitrogen and oxygen atoms in total. The van der Waals surface area contributed by atoms with Crippen molar-refractivity contribution < 1.29 is 61.4 Å². The Labute approximate surface area is 189 Å². The minimum absolute atomic E-state index is 0.221. The van der Waals surface area contributed by atoms with Gasteiger partial charge in [0.25, 0.3) is 5.56 Å². The molecule has 2 aliphatic heterocycles. The van der Waals surface area contributed by atoms with Crippen LogP contribution in [0.15, 0.2) is 15.8 Å². The molecule has 3 rings (SSSR count). The van der Waals surface area contributed by atoms with Gasteiger partial charge < -0.3 is 39.4 Å². The highest BCUT2D eigenvalue weighted by Crippen LogP contribution is 2.66. The lowest BCUT2D eigenvalue weighted by Crippen LogP contribution is -2.49. The van der Waals surface area contributed by atoms with E-state index in [-0.39, 0.29) is 11.6 Å². The van der Waals surface area contributed by atoms with E-state index in [1.165, 1.54) is 10.8 Å². The molecule has 0 bridgehead atoms.